The molecule has 19 heavy (non-hydrogen) atoms. The molecule has 2 aromatic rings. The SMILES string of the molecule is CCc1cnc(CNCc2c(C(=O)O)cnn2C)o1. The van der Waals surface area contributed by atoms with E-state index in [4.69, 9.17) is 9.52 Å². The van der Waals surface area contributed by atoms with Crippen molar-refractivity contribution in [3.8, 4) is 0 Å². The molecular weight excluding hydrogens is 248 g/mol. The van der Waals surface area contributed by atoms with Crippen molar-refractivity contribution in [1.82, 2.24) is 20.1 Å². The molecular formula is C12H16N4O3. The smallest absolute Gasteiger partial charge is 0.339 e. The summed E-state index contributed by atoms with van der Waals surface area (Å²) in [6.07, 6.45) is 3.85. The summed E-state index contributed by atoms with van der Waals surface area (Å²) in [6, 6.07) is 0. The minimum atomic E-state index is -0.978. The van der Waals surface area contributed by atoms with E-state index in [9.17, 15) is 4.79 Å². The van der Waals surface area contributed by atoms with Crippen molar-refractivity contribution in [3.05, 3.63) is 35.3 Å². The summed E-state index contributed by atoms with van der Waals surface area (Å²) in [5.41, 5.74) is 0.825. The van der Waals surface area contributed by atoms with Gasteiger partial charge in [0, 0.05) is 20.0 Å². The number of nitrogens with zero attached hydrogens (tertiary/aromatic N) is 3. The lowest BCUT2D eigenvalue weighted by molar-refractivity contribution is 0.0695. The van der Waals surface area contributed by atoms with Gasteiger partial charge in [-0.25, -0.2) is 9.78 Å². The van der Waals surface area contributed by atoms with Crippen LogP contribution in [0.1, 0.15) is 34.6 Å². The fourth-order valence-corrected chi connectivity index (χ4v) is 1.73. The summed E-state index contributed by atoms with van der Waals surface area (Å²) in [7, 11) is 1.71. The number of carboxylic acid groups (broad SMARTS) is 1. The fraction of sp³-hybridized carbons (Fsp3) is 0.417. The van der Waals surface area contributed by atoms with Crippen molar-refractivity contribution in [2.45, 2.75) is 26.4 Å². The summed E-state index contributed by atoms with van der Waals surface area (Å²) in [4.78, 5) is 15.1. The van der Waals surface area contributed by atoms with Gasteiger partial charge in [-0.2, -0.15) is 5.10 Å². The first kappa shape index (κ1) is 13.3. The van der Waals surface area contributed by atoms with Crippen molar-refractivity contribution in [3.63, 3.8) is 0 Å². The number of aromatic nitrogens is 3. The van der Waals surface area contributed by atoms with Gasteiger partial charge in [-0.1, -0.05) is 6.92 Å². The van der Waals surface area contributed by atoms with Crippen LogP contribution in [-0.4, -0.2) is 25.8 Å². The van der Waals surface area contributed by atoms with Gasteiger partial charge in [0.25, 0.3) is 0 Å². The average molecular weight is 264 g/mol. The maximum absolute atomic E-state index is 11.0. The normalized spacial score (nSPS) is 10.8. The molecule has 7 heteroatoms. The van der Waals surface area contributed by atoms with Crippen molar-refractivity contribution in [2.75, 3.05) is 0 Å². The van der Waals surface area contributed by atoms with Crippen LogP contribution in [0.4, 0.5) is 0 Å². The molecule has 0 aromatic carbocycles. The molecule has 0 saturated carbocycles. The highest BCUT2D eigenvalue weighted by atomic mass is 16.4. The van der Waals surface area contributed by atoms with Crippen LogP contribution in [0, 0.1) is 0 Å². The van der Waals surface area contributed by atoms with Crippen molar-refractivity contribution >= 4 is 5.97 Å². The summed E-state index contributed by atoms with van der Waals surface area (Å²) >= 11 is 0. The Bertz CT molecular complexity index is 573. The third kappa shape index (κ3) is 3.00. The van der Waals surface area contributed by atoms with Gasteiger partial charge in [-0.05, 0) is 0 Å². The fourth-order valence-electron chi connectivity index (χ4n) is 1.73. The van der Waals surface area contributed by atoms with E-state index in [1.807, 2.05) is 6.92 Å². The molecule has 0 saturated heterocycles. The number of oxazole rings is 1. The third-order valence-corrected chi connectivity index (χ3v) is 2.81. The molecule has 2 N–H and O–H groups in total. The van der Waals surface area contributed by atoms with Crippen LogP contribution >= 0.6 is 0 Å². The highest BCUT2D eigenvalue weighted by Gasteiger charge is 2.14. The number of hydrogen-bond acceptors (Lipinski definition) is 5. The zero-order valence-corrected chi connectivity index (χ0v) is 10.9. The molecule has 0 atom stereocenters. The van der Waals surface area contributed by atoms with Crippen molar-refractivity contribution in [1.29, 1.82) is 0 Å². The molecule has 102 valence electrons. The van der Waals surface area contributed by atoms with Gasteiger partial charge in [0.15, 0.2) is 0 Å². The number of carbonyl (C=O) groups is 1. The Labute approximate surface area is 110 Å². The third-order valence-electron chi connectivity index (χ3n) is 2.81. The molecule has 0 radical (unpaired) electrons. The van der Waals surface area contributed by atoms with E-state index in [-0.39, 0.29) is 5.56 Å². The standard InChI is InChI=1S/C12H16N4O3/c1-3-8-4-14-11(19-8)7-13-6-10-9(12(17)18)5-15-16(10)2/h4-5,13H,3,6-7H2,1-2H3,(H,17,18). The molecule has 0 aliphatic rings. The molecule has 0 unspecified atom stereocenters. The van der Waals surface area contributed by atoms with E-state index in [1.165, 1.54) is 6.20 Å². The predicted octanol–water partition coefficient (Wildman–Crippen LogP) is 0.958. The second kappa shape index (κ2) is 5.66. The van der Waals surface area contributed by atoms with Crippen LogP contribution < -0.4 is 5.32 Å². The molecule has 0 amide bonds. The Balaban J connectivity index is 1.95. The van der Waals surface area contributed by atoms with Crippen LogP contribution in [0.5, 0.6) is 0 Å². The van der Waals surface area contributed by atoms with Gasteiger partial charge in [0.1, 0.15) is 11.3 Å². The monoisotopic (exact) mass is 264 g/mol. The van der Waals surface area contributed by atoms with E-state index in [0.29, 0.717) is 24.7 Å². The lowest BCUT2D eigenvalue weighted by Gasteiger charge is -2.04. The van der Waals surface area contributed by atoms with Crippen molar-refractivity contribution < 1.29 is 14.3 Å². The molecule has 2 aromatic heterocycles. The summed E-state index contributed by atoms with van der Waals surface area (Å²) in [5, 5.41) is 16.1. The van der Waals surface area contributed by atoms with E-state index >= 15 is 0 Å². The molecule has 0 spiro atoms. The number of rotatable bonds is 6. The van der Waals surface area contributed by atoms with Gasteiger partial charge in [-0.3, -0.25) is 4.68 Å². The van der Waals surface area contributed by atoms with E-state index in [1.54, 1.807) is 17.9 Å². The predicted molar refractivity (Wildman–Crippen MR) is 66.6 cm³/mol. The Morgan fingerprint density at radius 1 is 1.47 bits per heavy atom. The van der Waals surface area contributed by atoms with Crippen LogP contribution in [-0.2, 0) is 26.6 Å². The van der Waals surface area contributed by atoms with Crippen LogP contribution in [0.25, 0.3) is 0 Å². The molecule has 0 bridgehead atoms. The van der Waals surface area contributed by atoms with Crippen LogP contribution in [0.2, 0.25) is 0 Å². The number of nitrogens with one attached hydrogen (secondary N) is 1. The molecule has 0 aliphatic heterocycles. The van der Waals surface area contributed by atoms with Crippen molar-refractivity contribution in [2.24, 2.45) is 7.05 Å². The first-order chi connectivity index (χ1) is 9.11. The topological polar surface area (TPSA) is 93.2 Å². The quantitative estimate of drug-likeness (QED) is 0.807. The Hall–Kier alpha value is -2.15. The number of aromatic carboxylic acids is 1. The van der Waals surface area contributed by atoms with Crippen LogP contribution in [0.3, 0.4) is 0 Å². The maximum atomic E-state index is 11.0. The van der Waals surface area contributed by atoms with Gasteiger partial charge in [-0.15, -0.1) is 0 Å². The molecule has 2 rings (SSSR count). The first-order valence-electron chi connectivity index (χ1n) is 6.00. The highest BCUT2D eigenvalue weighted by Crippen LogP contribution is 2.08. The van der Waals surface area contributed by atoms with Gasteiger partial charge >= 0.3 is 5.97 Å². The largest absolute Gasteiger partial charge is 0.478 e. The molecule has 2 heterocycles. The number of aryl methyl sites for hydroxylation is 2. The van der Waals surface area contributed by atoms with E-state index in [2.05, 4.69) is 15.4 Å². The number of carboxylic acids is 1. The second-order valence-corrected chi connectivity index (χ2v) is 4.11. The maximum Gasteiger partial charge on any atom is 0.339 e. The number of hydrogen-bond donors (Lipinski definition) is 2. The minimum absolute atomic E-state index is 0.205. The Morgan fingerprint density at radius 2 is 2.26 bits per heavy atom. The summed E-state index contributed by atoms with van der Waals surface area (Å²) in [6.45, 7) is 2.83. The average Bonchev–Trinajstić information content (AvgIpc) is 2.97. The van der Waals surface area contributed by atoms with Gasteiger partial charge < -0.3 is 14.8 Å². The zero-order valence-electron chi connectivity index (χ0n) is 10.9. The second-order valence-electron chi connectivity index (χ2n) is 4.11. The van der Waals surface area contributed by atoms with Gasteiger partial charge in [0.05, 0.1) is 24.6 Å². The van der Waals surface area contributed by atoms with Gasteiger partial charge in [0.2, 0.25) is 5.89 Å². The minimum Gasteiger partial charge on any atom is -0.478 e. The lowest BCUT2D eigenvalue weighted by Crippen LogP contribution is -2.17. The summed E-state index contributed by atoms with van der Waals surface area (Å²) < 4.78 is 6.99. The lowest BCUT2D eigenvalue weighted by atomic mass is 10.2. The molecule has 7 nitrogen and oxygen atoms in total. The molecule has 0 fully saturated rings. The van der Waals surface area contributed by atoms with E-state index in [0.717, 1.165) is 12.2 Å². The Kier molecular flexibility index (Phi) is 3.96. The highest BCUT2D eigenvalue weighted by molar-refractivity contribution is 5.88. The first-order valence-corrected chi connectivity index (χ1v) is 6.00. The molecule has 0 aliphatic carbocycles. The van der Waals surface area contributed by atoms with Crippen LogP contribution in [0.15, 0.2) is 16.8 Å². The zero-order chi connectivity index (χ0) is 13.8. The summed E-state index contributed by atoms with van der Waals surface area (Å²) in [5.74, 6) is 0.453. The Morgan fingerprint density at radius 3 is 2.89 bits per heavy atom. The van der Waals surface area contributed by atoms with E-state index < -0.39 is 5.97 Å².